The summed E-state index contributed by atoms with van der Waals surface area (Å²) in [6.45, 7) is 0. The molecule has 0 fully saturated rings. The van der Waals surface area contributed by atoms with Gasteiger partial charge in [-0.15, -0.1) is 0 Å². The van der Waals surface area contributed by atoms with Gasteiger partial charge in [0.25, 0.3) is 5.91 Å². The monoisotopic (exact) mass is 285 g/mol. The molecule has 0 saturated carbocycles. The maximum absolute atomic E-state index is 11.8. The first-order valence-corrected chi connectivity index (χ1v) is 5.88. The Balaban J connectivity index is 2.21. The molecule has 3 N–H and O–H groups in total. The maximum atomic E-state index is 11.8. The number of amides is 1. The van der Waals surface area contributed by atoms with Crippen LogP contribution >= 0.6 is 0 Å². The molecule has 0 aliphatic heterocycles. The van der Waals surface area contributed by atoms with Gasteiger partial charge < -0.3 is 10.2 Å². The lowest BCUT2D eigenvalue weighted by molar-refractivity contribution is -0.129. The van der Waals surface area contributed by atoms with E-state index in [1.807, 2.05) is 0 Å². The molecule has 0 aliphatic rings. The molecule has 0 unspecified atom stereocenters. The average Bonchev–Trinajstić information content (AvgIpc) is 2.49. The molecule has 1 amide bonds. The van der Waals surface area contributed by atoms with Crippen molar-refractivity contribution in [3.8, 4) is 5.75 Å². The lowest BCUT2D eigenvalue weighted by Crippen LogP contribution is -2.24. The summed E-state index contributed by atoms with van der Waals surface area (Å²) in [6, 6.07) is 8.40. The zero-order valence-corrected chi connectivity index (χ0v) is 10.7. The van der Waals surface area contributed by atoms with Gasteiger partial charge in [-0.1, -0.05) is 0 Å². The molecule has 0 saturated heterocycles. The van der Waals surface area contributed by atoms with E-state index in [4.69, 9.17) is 5.11 Å². The summed E-state index contributed by atoms with van der Waals surface area (Å²) in [4.78, 5) is 26.7. The van der Waals surface area contributed by atoms with Gasteiger partial charge in [-0.05, 0) is 36.4 Å². The number of phenols is 1. The number of phenolic OH excluding ortho intramolecular Hbond substituents is 1. The quantitative estimate of drug-likeness (QED) is 0.573. The number of aliphatic carboxylic acids is 1. The van der Waals surface area contributed by atoms with E-state index in [2.05, 4.69) is 15.5 Å². The summed E-state index contributed by atoms with van der Waals surface area (Å²) < 4.78 is 0. The van der Waals surface area contributed by atoms with Crippen molar-refractivity contribution >= 4 is 17.6 Å². The minimum Gasteiger partial charge on any atom is -0.508 e. The Morgan fingerprint density at radius 2 is 1.62 bits per heavy atom. The Kier molecular flexibility index (Phi) is 4.25. The normalized spacial score (nSPS) is 11.0. The summed E-state index contributed by atoms with van der Waals surface area (Å²) in [7, 11) is 0. The number of hydrogen-bond donors (Lipinski definition) is 3. The first kappa shape index (κ1) is 14.2. The molecule has 0 bridgehead atoms. The molecule has 21 heavy (non-hydrogen) atoms. The summed E-state index contributed by atoms with van der Waals surface area (Å²) in [5.41, 5.74) is 2.40. The highest BCUT2D eigenvalue weighted by Crippen LogP contribution is 2.10. The lowest BCUT2D eigenvalue weighted by atomic mass is 10.1. The Labute approximate surface area is 119 Å². The van der Waals surface area contributed by atoms with E-state index in [-0.39, 0.29) is 17.0 Å². The molecule has 2 aromatic rings. The molecular weight excluding hydrogens is 274 g/mol. The Bertz CT molecular complexity index is 681. The molecule has 106 valence electrons. The van der Waals surface area contributed by atoms with Crippen LogP contribution < -0.4 is 5.43 Å². The standard InChI is InChI=1S/C14H11N3O4/c18-11-3-1-9(2-4-11)12(14(20)21)16-17-13(19)10-5-7-15-8-6-10/h1-8,18H,(H,17,19)(H,20,21)/b16-12-. The smallest absolute Gasteiger partial charge is 0.356 e. The van der Waals surface area contributed by atoms with Gasteiger partial charge in [-0.3, -0.25) is 9.78 Å². The van der Waals surface area contributed by atoms with Crippen LogP contribution in [0.5, 0.6) is 5.75 Å². The molecule has 0 radical (unpaired) electrons. The second-order valence-electron chi connectivity index (χ2n) is 3.99. The molecule has 0 spiro atoms. The van der Waals surface area contributed by atoms with Gasteiger partial charge >= 0.3 is 5.97 Å². The fourth-order valence-electron chi connectivity index (χ4n) is 1.53. The fraction of sp³-hybridized carbons (Fsp3) is 0. The predicted molar refractivity (Wildman–Crippen MR) is 74.0 cm³/mol. The van der Waals surface area contributed by atoms with Gasteiger partial charge in [0.05, 0.1) is 0 Å². The summed E-state index contributed by atoms with van der Waals surface area (Å²) in [5.74, 6) is -1.84. The van der Waals surface area contributed by atoms with Gasteiger partial charge in [-0.2, -0.15) is 5.10 Å². The first-order valence-electron chi connectivity index (χ1n) is 5.88. The van der Waals surface area contributed by atoms with Gasteiger partial charge in [0.15, 0.2) is 5.71 Å². The zero-order chi connectivity index (χ0) is 15.2. The van der Waals surface area contributed by atoms with Gasteiger partial charge in [-0.25, -0.2) is 10.2 Å². The number of benzene rings is 1. The first-order chi connectivity index (χ1) is 10.1. The number of nitrogens with one attached hydrogen (secondary N) is 1. The van der Waals surface area contributed by atoms with Crippen molar-refractivity contribution in [2.75, 3.05) is 0 Å². The molecule has 0 aliphatic carbocycles. The number of pyridine rings is 1. The molecule has 2 rings (SSSR count). The van der Waals surface area contributed by atoms with Crippen LogP contribution in [0.2, 0.25) is 0 Å². The van der Waals surface area contributed by atoms with E-state index >= 15 is 0 Å². The highest BCUT2D eigenvalue weighted by Gasteiger charge is 2.14. The number of aromatic hydroxyl groups is 1. The van der Waals surface area contributed by atoms with Crippen LogP contribution in [-0.2, 0) is 4.79 Å². The number of rotatable bonds is 4. The summed E-state index contributed by atoms with van der Waals surface area (Å²) in [5, 5.41) is 21.9. The number of carboxylic acids is 1. The van der Waals surface area contributed by atoms with Crippen molar-refractivity contribution in [2.24, 2.45) is 5.10 Å². The maximum Gasteiger partial charge on any atom is 0.356 e. The van der Waals surface area contributed by atoms with Crippen molar-refractivity contribution < 1.29 is 19.8 Å². The molecule has 1 aromatic heterocycles. The topological polar surface area (TPSA) is 112 Å². The minimum absolute atomic E-state index is 0.00399. The van der Waals surface area contributed by atoms with E-state index < -0.39 is 11.9 Å². The van der Waals surface area contributed by atoms with Crippen molar-refractivity contribution in [1.29, 1.82) is 0 Å². The van der Waals surface area contributed by atoms with Crippen LogP contribution in [0.1, 0.15) is 15.9 Å². The van der Waals surface area contributed by atoms with E-state index in [1.165, 1.54) is 48.8 Å². The number of carbonyl (C=O) groups excluding carboxylic acids is 1. The zero-order valence-electron chi connectivity index (χ0n) is 10.7. The third-order valence-corrected chi connectivity index (χ3v) is 2.56. The molecule has 7 nitrogen and oxygen atoms in total. The molecule has 0 atom stereocenters. The highest BCUT2D eigenvalue weighted by molar-refractivity contribution is 6.42. The average molecular weight is 285 g/mol. The SMILES string of the molecule is O=C(O)/C(=N\NC(=O)c1ccncc1)c1ccc(O)cc1. The van der Waals surface area contributed by atoms with E-state index in [9.17, 15) is 14.7 Å². The fourth-order valence-corrected chi connectivity index (χ4v) is 1.53. The highest BCUT2D eigenvalue weighted by atomic mass is 16.4. The summed E-state index contributed by atoms with van der Waals surface area (Å²) in [6.07, 6.45) is 2.88. The Morgan fingerprint density at radius 3 is 2.19 bits per heavy atom. The molecule has 7 heteroatoms. The Hall–Kier alpha value is -3.22. The van der Waals surface area contributed by atoms with Crippen LogP contribution in [0, 0.1) is 0 Å². The minimum atomic E-state index is -1.30. The van der Waals surface area contributed by atoms with Gasteiger partial charge in [0.2, 0.25) is 0 Å². The second kappa shape index (κ2) is 6.29. The Morgan fingerprint density at radius 1 is 1.00 bits per heavy atom. The lowest BCUT2D eigenvalue weighted by Gasteiger charge is -2.03. The van der Waals surface area contributed by atoms with E-state index in [0.717, 1.165) is 0 Å². The number of hydrazone groups is 1. The van der Waals surface area contributed by atoms with Gasteiger partial charge in [0, 0.05) is 23.5 Å². The van der Waals surface area contributed by atoms with E-state index in [0.29, 0.717) is 5.56 Å². The van der Waals surface area contributed by atoms with Crippen molar-refractivity contribution in [3.05, 3.63) is 59.9 Å². The third-order valence-electron chi connectivity index (χ3n) is 2.56. The van der Waals surface area contributed by atoms with E-state index in [1.54, 1.807) is 0 Å². The molecule has 1 aromatic carbocycles. The third kappa shape index (κ3) is 3.63. The largest absolute Gasteiger partial charge is 0.508 e. The number of nitrogens with zero attached hydrogens (tertiary/aromatic N) is 2. The molecular formula is C14H11N3O4. The second-order valence-corrected chi connectivity index (χ2v) is 3.99. The number of hydrogen-bond acceptors (Lipinski definition) is 5. The van der Waals surface area contributed by atoms with Crippen LogP contribution in [0.15, 0.2) is 53.9 Å². The van der Waals surface area contributed by atoms with Crippen LogP contribution in [0.4, 0.5) is 0 Å². The summed E-state index contributed by atoms with van der Waals surface area (Å²) >= 11 is 0. The van der Waals surface area contributed by atoms with Crippen LogP contribution in [-0.4, -0.2) is 32.8 Å². The van der Waals surface area contributed by atoms with Crippen molar-refractivity contribution in [2.45, 2.75) is 0 Å². The van der Waals surface area contributed by atoms with Crippen LogP contribution in [0.3, 0.4) is 0 Å². The van der Waals surface area contributed by atoms with Crippen molar-refractivity contribution in [3.63, 3.8) is 0 Å². The van der Waals surface area contributed by atoms with Crippen LogP contribution in [0.25, 0.3) is 0 Å². The molecule has 1 heterocycles. The predicted octanol–water partition coefficient (Wildman–Crippen LogP) is 1.01. The van der Waals surface area contributed by atoms with Gasteiger partial charge in [0.1, 0.15) is 5.75 Å². The number of carboxylic acid groups (broad SMARTS) is 1. The number of carbonyl (C=O) groups is 2. The van der Waals surface area contributed by atoms with Crippen molar-refractivity contribution in [1.82, 2.24) is 10.4 Å². The number of aromatic nitrogens is 1.